The number of alkyl halides is 3. The molecule has 0 atom stereocenters. The lowest BCUT2D eigenvalue weighted by Gasteiger charge is -2.36. The van der Waals surface area contributed by atoms with Crippen LogP contribution in [-0.2, 0) is 6.18 Å². The van der Waals surface area contributed by atoms with Crippen molar-refractivity contribution in [2.45, 2.75) is 20.0 Å². The molecule has 0 saturated carbocycles. The summed E-state index contributed by atoms with van der Waals surface area (Å²) in [4.78, 5) is 33.5. The Hall–Kier alpha value is -4.08. The van der Waals surface area contributed by atoms with Gasteiger partial charge in [0.2, 0.25) is 5.88 Å². The third-order valence-electron chi connectivity index (χ3n) is 6.57. The van der Waals surface area contributed by atoms with E-state index in [-0.39, 0.29) is 30.4 Å². The summed E-state index contributed by atoms with van der Waals surface area (Å²) in [6.07, 6.45) is -4.61. The van der Waals surface area contributed by atoms with Crippen molar-refractivity contribution in [2.24, 2.45) is 0 Å². The number of amides is 2. The number of benzene rings is 2. The minimum absolute atomic E-state index is 0.176. The van der Waals surface area contributed by atoms with Gasteiger partial charge in [-0.1, -0.05) is 18.2 Å². The number of ether oxygens (including phenoxy) is 1. The Kier molecular flexibility index (Phi) is 5.82. The number of nitrogens with zero attached hydrogens (tertiary/aromatic N) is 3. The zero-order valence-corrected chi connectivity index (χ0v) is 19.6. The summed E-state index contributed by atoms with van der Waals surface area (Å²) < 4.78 is 46.2. The summed E-state index contributed by atoms with van der Waals surface area (Å²) in [5.74, 6) is 0.281. The molecule has 0 radical (unpaired) electrons. The molecule has 1 aromatic heterocycles. The van der Waals surface area contributed by atoms with Crippen LogP contribution in [0.4, 0.5) is 24.7 Å². The number of carbonyl (C=O) groups is 2. The zero-order valence-electron chi connectivity index (χ0n) is 19.6. The predicted octanol–water partition coefficient (Wildman–Crippen LogP) is 5.04. The molecule has 10 heteroatoms. The first-order valence-corrected chi connectivity index (χ1v) is 11.4. The number of nitrogens with one attached hydrogen (secondary N) is 1. The van der Waals surface area contributed by atoms with Crippen molar-refractivity contribution in [1.82, 2.24) is 9.88 Å². The van der Waals surface area contributed by atoms with E-state index in [2.05, 4.69) is 10.3 Å². The number of hydrogen-bond acceptors (Lipinski definition) is 5. The molecule has 7 nitrogen and oxygen atoms in total. The van der Waals surface area contributed by atoms with E-state index < -0.39 is 17.6 Å². The second-order valence-corrected chi connectivity index (χ2v) is 8.79. The van der Waals surface area contributed by atoms with Gasteiger partial charge in [-0.2, -0.15) is 18.2 Å². The van der Waals surface area contributed by atoms with E-state index in [4.69, 9.17) is 4.74 Å². The Morgan fingerprint density at radius 3 is 2.44 bits per heavy atom. The van der Waals surface area contributed by atoms with Gasteiger partial charge in [0.15, 0.2) is 5.75 Å². The number of aryl methyl sites for hydroxylation is 1. The first kappa shape index (κ1) is 23.7. The van der Waals surface area contributed by atoms with E-state index in [1.165, 1.54) is 23.1 Å². The molecule has 1 N–H and O–H groups in total. The van der Waals surface area contributed by atoms with E-state index in [9.17, 15) is 22.8 Å². The van der Waals surface area contributed by atoms with E-state index >= 15 is 0 Å². The number of halogens is 3. The third kappa shape index (κ3) is 4.23. The lowest BCUT2D eigenvalue weighted by molar-refractivity contribution is -0.138. The lowest BCUT2D eigenvalue weighted by Crippen LogP contribution is -2.49. The third-order valence-corrected chi connectivity index (χ3v) is 6.57. The Balaban J connectivity index is 1.35. The van der Waals surface area contributed by atoms with Crippen LogP contribution in [0.15, 0.2) is 48.5 Å². The van der Waals surface area contributed by atoms with Gasteiger partial charge < -0.3 is 19.9 Å². The maximum Gasteiger partial charge on any atom is 0.417 e. The average Bonchev–Trinajstić information content (AvgIpc) is 3.01. The fourth-order valence-electron chi connectivity index (χ4n) is 4.39. The molecule has 186 valence electrons. The van der Waals surface area contributed by atoms with Crippen molar-refractivity contribution in [1.29, 1.82) is 0 Å². The van der Waals surface area contributed by atoms with Crippen LogP contribution in [0.2, 0.25) is 0 Å². The first-order valence-electron chi connectivity index (χ1n) is 11.4. The maximum absolute atomic E-state index is 13.4. The number of piperazine rings is 1. The van der Waals surface area contributed by atoms with E-state index in [1.54, 1.807) is 18.2 Å². The van der Waals surface area contributed by atoms with Gasteiger partial charge in [-0.25, -0.2) is 0 Å². The van der Waals surface area contributed by atoms with Crippen LogP contribution in [-0.4, -0.2) is 47.9 Å². The minimum atomic E-state index is -4.61. The number of hydrogen-bond donors (Lipinski definition) is 1. The summed E-state index contributed by atoms with van der Waals surface area (Å²) in [7, 11) is 0. The van der Waals surface area contributed by atoms with Gasteiger partial charge in [0.25, 0.3) is 11.8 Å². The van der Waals surface area contributed by atoms with Gasteiger partial charge in [0, 0.05) is 26.2 Å². The SMILES string of the molecule is Cc1ccc2c(c1C)Oc1nc(N3CCN(C(=O)c4ccccc4C(F)(F)F)CC3)ccc1C(=O)N2. The second-order valence-electron chi connectivity index (χ2n) is 8.79. The fraction of sp³-hybridized carbons (Fsp3) is 0.269. The Morgan fingerprint density at radius 2 is 1.72 bits per heavy atom. The molecule has 36 heavy (non-hydrogen) atoms. The first-order chi connectivity index (χ1) is 17.1. The van der Waals surface area contributed by atoms with Crippen molar-refractivity contribution < 1.29 is 27.5 Å². The highest BCUT2D eigenvalue weighted by Gasteiger charge is 2.36. The van der Waals surface area contributed by atoms with Crippen molar-refractivity contribution in [3.05, 3.63) is 76.3 Å². The van der Waals surface area contributed by atoms with Crippen LogP contribution in [0.25, 0.3) is 0 Å². The summed E-state index contributed by atoms with van der Waals surface area (Å²) >= 11 is 0. The fourth-order valence-corrected chi connectivity index (χ4v) is 4.39. The topological polar surface area (TPSA) is 74.8 Å². The summed E-state index contributed by atoms with van der Waals surface area (Å²) in [5, 5.41) is 2.85. The Morgan fingerprint density at radius 1 is 1.00 bits per heavy atom. The summed E-state index contributed by atoms with van der Waals surface area (Å²) in [6.45, 7) is 5.05. The zero-order chi connectivity index (χ0) is 25.6. The number of rotatable bonds is 2. The second kappa shape index (κ2) is 8.85. The molecule has 5 rings (SSSR count). The maximum atomic E-state index is 13.4. The Bertz CT molecular complexity index is 1370. The molecule has 3 aromatic rings. The Labute approximate surface area is 205 Å². The normalized spacial score (nSPS) is 15.4. The van der Waals surface area contributed by atoms with Crippen LogP contribution >= 0.6 is 0 Å². The van der Waals surface area contributed by atoms with E-state index in [0.717, 1.165) is 17.2 Å². The van der Waals surface area contributed by atoms with Crippen LogP contribution in [0, 0.1) is 13.8 Å². The monoisotopic (exact) mass is 496 g/mol. The number of aromatic nitrogens is 1. The van der Waals surface area contributed by atoms with Crippen molar-refractivity contribution >= 4 is 23.3 Å². The minimum Gasteiger partial charge on any atom is -0.436 e. The highest BCUT2D eigenvalue weighted by Crippen LogP contribution is 2.39. The molecule has 2 aliphatic rings. The van der Waals surface area contributed by atoms with Gasteiger partial charge in [0.05, 0.1) is 16.8 Å². The summed E-state index contributed by atoms with van der Waals surface area (Å²) in [5.41, 5.74) is 1.46. The number of anilines is 2. The van der Waals surface area contributed by atoms with Gasteiger partial charge in [-0.3, -0.25) is 9.59 Å². The smallest absolute Gasteiger partial charge is 0.417 e. The van der Waals surface area contributed by atoms with Gasteiger partial charge >= 0.3 is 6.18 Å². The molecular formula is C26H23F3N4O3. The molecule has 0 unspecified atom stereocenters. The molecule has 0 spiro atoms. The highest BCUT2D eigenvalue weighted by molar-refractivity contribution is 6.08. The van der Waals surface area contributed by atoms with Crippen molar-refractivity contribution in [3.8, 4) is 11.6 Å². The number of pyridine rings is 1. The molecule has 2 aliphatic heterocycles. The van der Waals surface area contributed by atoms with E-state index in [0.29, 0.717) is 35.9 Å². The van der Waals surface area contributed by atoms with Crippen molar-refractivity contribution in [2.75, 3.05) is 36.4 Å². The van der Waals surface area contributed by atoms with Crippen LogP contribution < -0.4 is 15.0 Å². The molecular weight excluding hydrogens is 473 g/mol. The molecule has 3 heterocycles. The van der Waals surface area contributed by atoms with Crippen LogP contribution in [0.3, 0.4) is 0 Å². The van der Waals surface area contributed by atoms with Gasteiger partial charge in [-0.05, 0) is 55.3 Å². The molecule has 1 saturated heterocycles. The number of fused-ring (bicyclic) bond motifs is 2. The molecule has 0 bridgehead atoms. The number of carbonyl (C=O) groups excluding carboxylic acids is 2. The largest absolute Gasteiger partial charge is 0.436 e. The standard InChI is InChI=1S/C26H23F3N4O3/c1-15-7-9-20-22(16(15)2)36-24-18(23(34)30-20)8-10-21(31-24)32-11-13-33(14-12-32)25(35)17-5-3-4-6-19(17)26(27,28)29/h3-10H,11-14H2,1-2H3,(H,30,34). The summed E-state index contributed by atoms with van der Waals surface area (Å²) in [6, 6.07) is 11.8. The van der Waals surface area contributed by atoms with Crippen LogP contribution in [0.1, 0.15) is 37.4 Å². The highest BCUT2D eigenvalue weighted by atomic mass is 19.4. The van der Waals surface area contributed by atoms with Crippen molar-refractivity contribution in [3.63, 3.8) is 0 Å². The predicted molar refractivity (Wildman–Crippen MR) is 128 cm³/mol. The quantitative estimate of drug-likeness (QED) is 0.538. The lowest BCUT2D eigenvalue weighted by atomic mass is 10.1. The van der Waals surface area contributed by atoms with E-state index in [1.807, 2.05) is 24.8 Å². The average molecular weight is 496 g/mol. The molecule has 1 fully saturated rings. The molecule has 2 amide bonds. The van der Waals surface area contributed by atoms with Gasteiger partial charge in [0.1, 0.15) is 11.4 Å². The molecule has 0 aliphatic carbocycles. The van der Waals surface area contributed by atoms with Gasteiger partial charge in [-0.15, -0.1) is 0 Å². The van der Waals surface area contributed by atoms with Crippen LogP contribution in [0.5, 0.6) is 11.6 Å². The molecule has 2 aromatic carbocycles.